The number of nitrogens with one attached hydrogen (secondary N) is 1. The van der Waals surface area contributed by atoms with Crippen LogP contribution in [0.3, 0.4) is 0 Å². The molecule has 0 fully saturated rings. The molecule has 0 radical (unpaired) electrons. The van der Waals surface area contributed by atoms with E-state index in [2.05, 4.69) is 31.3 Å². The molecule has 0 saturated heterocycles. The van der Waals surface area contributed by atoms with Crippen LogP contribution in [0.5, 0.6) is 5.75 Å². The monoisotopic (exact) mass is 307 g/mol. The van der Waals surface area contributed by atoms with Crippen LogP contribution in [0.15, 0.2) is 41.0 Å². The molecule has 0 saturated carbocycles. The summed E-state index contributed by atoms with van der Waals surface area (Å²) in [6, 6.07) is 10.1. The molecule has 1 heterocycles. The summed E-state index contributed by atoms with van der Waals surface area (Å²) in [5.74, 6) is 0.896. The van der Waals surface area contributed by atoms with E-state index < -0.39 is 0 Å². The molecule has 4 heteroatoms. The zero-order valence-corrected chi connectivity index (χ0v) is 13.3. The van der Waals surface area contributed by atoms with E-state index in [1.165, 1.54) is 0 Å². The molecule has 2 aromatic rings. The van der Waals surface area contributed by atoms with Gasteiger partial charge in [-0.05, 0) is 54.7 Å². The average Bonchev–Trinajstić information content (AvgIpc) is 2.93. The summed E-state index contributed by atoms with van der Waals surface area (Å²) in [5, 5.41) is 3.95. The van der Waals surface area contributed by atoms with Crippen LogP contribution in [0.2, 0.25) is 5.22 Å². The van der Waals surface area contributed by atoms with E-state index >= 15 is 0 Å². The van der Waals surface area contributed by atoms with Crippen LogP contribution in [0.25, 0.3) is 0 Å². The van der Waals surface area contributed by atoms with Crippen molar-refractivity contribution < 1.29 is 9.15 Å². The summed E-state index contributed by atoms with van der Waals surface area (Å²) in [4.78, 5) is 0. The molecule has 2 rings (SSSR count). The second-order valence-electron chi connectivity index (χ2n) is 4.95. The van der Waals surface area contributed by atoms with E-state index in [0.717, 1.165) is 42.9 Å². The van der Waals surface area contributed by atoms with Gasteiger partial charge in [0.15, 0.2) is 5.22 Å². The Morgan fingerprint density at radius 1 is 1.14 bits per heavy atom. The molecule has 0 aliphatic rings. The predicted molar refractivity (Wildman–Crippen MR) is 86.1 cm³/mol. The molecule has 3 nitrogen and oxygen atoms in total. The Bertz CT molecular complexity index is 536. The first-order valence-corrected chi connectivity index (χ1v) is 7.83. The molecule has 1 unspecified atom stereocenters. The lowest BCUT2D eigenvalue weighted by atomic mass is 10.0. The highest BCUT2D eigenvalue weighted by Crippen LogP contribution is 2.30. The highest BCUT2D eigenvalue weighted by molar-refractivity contribution is 6.29. The predicted octanol–water partition coefficient (Wildman–Crippen LogP) is 4.81. The number of ether oxygens (including phenoxy) is 1. The molecule has 1 aromatic heterocycles. The first-order chi connectivity index (χ1) is 10.3. The minimum absolute atomic E-state index is 0.0384. The Balaban J connectivity index is 2.18. The van der Waals surface area contributed by atoms with Crippen molar-refractivity contribution in [3.63, 3.8) is 0 Å². The van der Waals surface area contributed by atoms with E-state index in [9.17, 15) is 0 Å². The number of hydrogen-bond donors (Lipinski definition) is 1. The van der Waals surface area contributed by atoms with Crippen LogP contribution in [0.4, 0.5) is 0 Å². The normalized spacial score (nSPS) is 12.3. The minimum atomic E-state index is 0.0384. The molecular formula is C17H22ClNO2. The smallest absolute Gasteiger partial charge is 0.198 e. The van der Waals surface area contributed by atoms with Crippen molar-refractivity contribution >= 4 is 11.6 Å². The standard InChI is InChI=1S/C17H22ClNO2/c1-3-10-19-16(15-9-12-21-17(15)18)13-5-7-14(8-6-13)20-11-4-2/h5-9,12,16,19H,3-4,10-11H2,1-2H3. The zero-order chi connectivity index (χ0) is 15.1. The van der Waals surface area contributed by atoms with Gasteiger partial charge in [-0.1, -0.05) is 26.0 Å². The molecule has 0 amide bonds. The lowest BCUT2D eigenvalue weighted by Gasteiger charge is -2.18. The second-order valence-corrected chi connectivity index (χ2v) is 5.30. The fraction of sp³-hybridized carbons (Fsp3) is 0.412. The fourth-order valence-corrected chi connectivity index (χ4v) is 2.41. The lowest BCUT2D eigenvalue weighted by Crippen LogP contribution is -2.23. The summed E-state index contributed by atoms with van der Waals surface area (Å²) < 4.78 is 10.8. The Kier molecular flexibility index (Phi) is 6.15. The van der Waals surface area contributed by atoms with Crippen LogP contribution in [-0.2, 0) is 0 Å². The lowest BCUT2D eigenvalue weighted by molar-refractivity contribution is 0.317. The number of hydrogen-bond acceptors (Lipinski definition) is 3. The van der Waals surface area contributed by atoms with Crippen LogP contribution in [-0.4, -0.2) is 13.2 Å². The van der Waals surface area contributed by atoms with Crippen molar-refractivity contribution in [3.8, 4) is 5.75 Å². The van der Waals surface area contributed by atoms with Crippen molar-refractivity contribution in [2.45, 2.75) is 32.7 Å². The number of furan rings is 1. The van der Waals surface area contributed by atoms with Crippen molar-refractivity contribution in [2.75, 3.05) is 13.2 Å². The maximum absolute atomic E-state index is 6.13. The van der Waals surface area contributed by atoms with E-state index in [4.69, 9.17) is 20.8 Å². The Labute approximate surface area is 131 Å². The van der Waals surface area contributed by atoms with Gasteiger partial charge < -0.3 is 14.5 Å². The van der Waals surface area contributed by atoms with Crippen molar-refractivity contribution in [1.82, 2.24) is 5.32 Å². The summed E-state index contributed by atoms with van der Waals surface area (Å²) >= 11 is 6.13. The van der Waals surface area contributed by atoms with Gasteiger partial charge >= 0.3 is 0 Å². The fourth-order valence-electron chi connectivity index (χ4n) is 2.18. The summed E-state index contributed by atoms with van der Waals surface area (Å²) in [6.07, 6.45) is 3.69. The molecule has 0 spiro atoms. The van der Waals surface area contributed by atoms with Gasteiger partial charge in [0.1, 0.15) is 5.75 Å². The van der Waals surface area contributed by atoms with Gasteiger partial charge in [-0.3, -0.25) is 0 Å². The maximum atomic E-state index is 6.13. The first-order valence-electron chi connectivity index (χ1n) is 7.45. The summed E-state index contributed by atoms with van der Waals surface area (Å²) in [7, 11) is 0. The first kappa shape index (κ1) is 15.9. The van der Waals surface area contributed by atoms with E-state index in [0.29, 0.717) is 5.22 Å². The molecule has 21 heavy (non-hydrogen) atoms. The summed E-state index contributed by atoms with van der Waals surface area (Å²) in [6.45, 7) is 5.90. The average molecular weight is 308 g/mol. The van der Waals surface area contributed by atoms with Gasteiger partial charge in [0.25, 0.3) is 0 Å². The van der Waals surface area contributed by atoms with Crippen molar-refractivity contribution in [3.05, 3.63) is 52.9 Å². The van der Waals surface area contributed by atoms with Crippen LogP contribution >= 0.6 is 11.6 Å². The molecule has 0 aliphatic carbocycles. The van der Waals surface area contributed by atoms with Crippen LogP contribution in [0.1, 0.15) is 43.9 Å². The third-order valence-corrected chi connectivity index (χ3v) is 3.55. The topological polar surface area (TPSA) is 34.4 Å². The number of benzene rings is 1. The van der Waals surface area contributed by atoms with E-state index in [-0.39, 0.29) is 6.04 Å². The van der Waals surface area contributed by atoms with Gasteiger partial charge in [0.05, 0.1) is 18.9 Å². The van der Waals surface area contributed by atoms with Crippen molar-refractivity contribution in [1.29, 1.82) is 0 Å². The number of rotatable bonds is 8. The third kappa shape index (κ3) is 4.26. The molecule has 1 atom stereocenters. The Morgan fingerprint density at radius 2 is 1.90 bits per heavy atom. The minimum Gasteiger partial charge on any atom is -0.494 e. The van der Waals surface area contributed by atoms with Crippen LogP contribution < -0.4 is 10.1 Å². The van der Waals surface area contributed by atoms with E-state index in [1.54, 1.807) is 6.26 Å². The molecule has 0 bridgehead atoms. The quantitative estimate of drug-likeness (QED) is 0.760. The largest absolute Gasteiger partial charge is 0.494 e. The molecule has 0 aliphatic heterocycles. The molecular weight excluding hydrogens is 286 g/mol. The maximum Gasteiger partial charge on any atom is 0.198 e. The van der Waals surface area contributed by atoms with Crippen LogP contribution in [0, 0.1) is 0 Å². The highest BCUT2D eigenvalue weighted by atomic mass is 35.5. The molecule has 1 aromatic carbocycles. The highest BCUT2D eigenvalue weighted by Gasteiger charge is 2.18. The van der Waals surface area contributed by atoms with Gasteiger partial charge in [-0.25, -0.2) is 0 Å². The Morgan fingerprint density at radius 3 is 2.48 bits per heavy atom. The van der Waals surface area contributed by atoms with Crippen molar-refractivity contribution in [2.24, 2.45) is 0 Å². The third-order valence-electron chi connectivity index (χ3n) is 3.24. The van der Waals surface area contributed by atoms with Gasteiger partial charge in [0.2, 0.25) is 0 Å². The van der Waals surface area contributed by atoms with Gasteiger partial charge in [0, 0.05) is 5.56 Å². The number of halogens is 1. The van der Waals surface area contributed by atoms with Gasteiger partial charge in [-0.2, -0.15) is 0 Å². The van der Waals surface area contributed by atoms with E-state index in [1.807, 2.05) is 18.2 Å². The van der Waals surface area contributed by atoms with Gasteiger partial charge in [-0.15, -0.1) is 0 Å². The second kappa shape index (κ2) is 8.11. The zero-order valence-electron chi connectivity index (χ0n) is 12.6. The Hall–Kier alpha value is -1.45. The molecule has 1 N–H and O–H groups in total. The summed E-state index contributed by atoms with van der Waals surface area (Å²) in [5.41, 5.74) is 2.11. The molecule has 114 valence electrons. The SMILES string of the molecule is CCCNC(c1ccc(OCCC)cc1)c1ccoc1Cl.